The van der Waals surface area contributed by atoms with Crippen LogP contribution < -0.4 is 9.08 Å². The lowest BCUT2D eigenvalue weighted by molar-refractivity contribution is -0.0500. The fourth-order valence-electron chi connectivity index (χ4n) is 6.97. The molecule has 0 saturated carbocycles. The van der Waals surface area contributed by atoms with E-state index < -0.39 is 21.4 Å². The van der Waals surface area contributed by atoms with Crippen LogP contribution in [0.2, 0.25) is 0 Å². The molecule has 10 heteroatoms. The first-order chi connectivity index (χ1) is 24.7. The van der Waals surface area contributed by atoms with E-state index in [1.54, 1.807) is 0 Å². The average molecular weight is 715 g/mol. The third-order valence-corrected chi connectivity index (χ3v) is 11.2. The quantitative estimate of drug-likeness (QED) is 0.127. The van der Waals surface area contributed by atoms with Gasteiger partial charge in [-0.25, -0.2) is 0 Å². The van der Waals surface area contributed by atoms with Gasteiger partial charge < -0.3 is 13.7 Å². The van der Waals surface area contributed by atoms with Crippen LogP contribution in [-0.2, 0) is 10.1 Å². The number of aromatic nitrogens is 1. The second kappa shape index (κ2) is 11.6. The minimum Gasteiger partial charge on any atom is -0.376 e. The van der Waals surface area contributed by atoms with Gasteiger partial charge in [-0.2, -0.15) is 21.6 Å². The van der Waals surface area contributed by atoms with Crippen LogP contribution >= 0.6 is 11.3 Å². The topological polar surface area (TPSA) is 51.5 Å². The maximum atomic E-state index is 13.6. The predicted octanol–water partition coefficient (Wildman–Crippen LogP) is 12.0. The molecule has 5 nitrogen and oxygen atoms in total. The van der Waals surface area contributed by atoms with Crippen LogP contribution in [0.4, 0.5) is 30.2 Å². The molecule has 0 aliphatic rings. The first-order valence-corrected chi connectivity index (χ1v) is 18.2. The third-order valence-electron chi connectivity index (χ3n) is 9.09. The molecule has 0 fully saturated rings. The van der Waals surface area contributed by atoms with Crippen molar-refractivity contribution in [3.8, 4) is 11.4 Å². The molecular formula is C41H25F3N2O3S2. The third kappa shape index (κ3) is 5.09. The van der Waals surface area contributed by atoms with Crippen LogP contribution in [0.15, 0.2) is 152 Å². The van der Waals surface area contributed by atoms with Gasteiger partial charge in [0.15, 0.2) is 0 Å². The second-order valence-electron chi connectivity index (χ2n) is 12.1. The SMILES string of the molecule is O=S(=O)(Oc1cc(N(c2ccccc2)c2ccccc2)c2c(c1)sc1cc(-n3c4ccccc4c4ccc5ccccc5c43)ccc12)C(F)(F)F. The van der Waals surface area contributed by atoms with Crippen molar-refractivity contribution < 1.29 is 25.8 Å². The summed E-state index contributed by atoms with van der Waals surface area (Å²) in [4.78, 5) is 1.90. The van der Waals surface area contributed by atoms with Crippen molar-refractivity contribution in [3.63, 3.8) is 0 Å². The zero-order valence-electron chi connectivity index (χ0n) is 26.5. The highest BCUT2D eigenvalue weighted by molar-refractivity contribution is 7.88. The normalized spacial score (nSPS) is 12.4. The number of para-hydroxylation sites is 3. The second-order valence-corrected chi connectivity index (χ2v) is 14.7. The fourth-order valence-corrected chi connectivity index (χ4v) is 8.60. The smallest absolute Gasteiger partial charge is 0.376 e. The molecule has 51 heavy (non-hydrogen) atoms. The minimum atomic E-state index is -5.93. The number of hydrogen-bond acceptors (Lipinski definition) is 5. The molecule has 0 atom stereocenters. The van der Waals surface area contributed by atoms with Gasteiger partial charge in [0, 0.05) is 59.5 Å². The summed E-state index contributed by atoms with van der Waals surface area (Å²) < 4.78 is 73.7. The summed E-state index contributed by atoms with van der Waals surface area (Å²) >= 11 is 1.36. The lowest BCUT2D eigenvalue weighted by Gasteiger charge is -2.27. The largest absolute Gasteiger partial charge is 0.534 e. The van der Waals surface area contributed by atoms with Crippen LogP contribution in [0.25, 0.3) is 58.4 Å². The summed E-state index contributed by atoms with van der Waals surface area (Å²) in [6.07, 6.45) is 0. The molecule has 0 unspecified atom stereocenters. The predicted molar refractivity (Wildman–Crippen MR) is 201 cm³/mol. The lowest BCUT2D eigenvalue weighted by Crippen LogP contribution is -2.28. The number of fused-ring (bicyclic) bond motifs is 8. The molecule has 0 saturated heterocycles. The molecule has 2 aromatic heterocycles. The first-order valence-electron chi connectivity index (χ1n) is 16.0. The van der Waals surface area contributed by atoms with Crippen molar-refractivity contribution in [2.45, 2.75) is 5.51 Å². The number of hydrogen-bond donors (Lipinski definition) is 0. The number of rotatable bonds is 6. The van der Waals surface area contributed by atoms with Crippen LogP contribution in [0.5, 0.6) is 5.75 Å². The van der Waals surface area contributed by atoms with Crippen LogP contribution in [-0.4, -0.2) is 18.5 Å². The van der Waals surface area contributed by atoms with Crippen molar-refractivity contribution in [3.05, 3.63) is 152 Å². The maximum Gasteiger partial charge on any atom is 0.534 e. The average Bonchev–Trinajstić information content (AvgIpc) is 3.67. The number of thiophene rings is 1. The molecule has 0 amide bonds. The van der Waals surface area contributed by atoms with Gasteiger partial charge in [0.05, 0.1) is 16.7 Å². The standard InChI is InChI=1S/C41H25F3N2O3S2/c42-41(43,44)51(47,48)49-30-24-36(45(27-12-3-1-4-13-27)28-14-5-2-6-15-28)39-34-22-20-29(23-37(34)50-38(39)25-30)46-35-18-10-9-17-32(35)33-21-19-26-11-7-8-16-31(26)40(33)46/h1-25H. The number of halogens is 3. The summed E-state index contributed by atoms with van der Waals surface area (Å²) in [5, 5.41) is 6.08. The highest BCUT2D eigenvalue weighted by Gasteiger charge is 2.48. The minimum absolute atomic E-state index is 0.438. The van der Waals surface area contributed by atoms with Crippen molar-refractivity contribution in [1.82, 2.24) is 4.57 Å². The Hall–Kier alpha value is -5.84. The molecule has 9 aromatic rings. The number of benzene rings is 7. The van der Waals surface area contributed by atoms with E-state index in [-0.39, 0.29) is 0 Å². The van der Waals surface area contributed by atoms with Gasteiger partial charge in [-0.15, -0.1) is 11.3 Å². The number of alkyl halides is 3. The lowest BCUT2D eigenvalue weighted by atomic mass is 10.1. The molecule has 250 valence electrons. The molecule has 9 rings (SSSR count). The van der Waals surface area contributed by atoms with Gasteiger partial charge in [0.25, 0.3) is 0 Å². The molecule has 2 heterocycles. The van der Waals surface area contributed by atoms with E-state index in [1.165, 1.54) is 23.5 Å². The van der Waals surface area contributed by atoms with Crippen molar-refractivity contribution in [2.24, 2.45) is 0 Å². The van der Waals surface area contributed by atoms with Crippen LogP contribution in [0.3, 0.4) is 0 Å². The van der Waals surface area contributed by atoms with Crippen molar-refractivity contribution in [1.29, 1.82) is 0 Å². The zero-order chi connectivity index (χ0) is 34.9. The Morgan fingerprint density at radius 2 is 1.24 bits per heavy atom. The van der Waals surface area contributed by atoms with E-state index in [0.29, 0.717) is 10.4 Å². The molecule has 0 N–H and O–H groups in total. The Labute approximate surface area is 294 Å². The van der Waals surface area contributed by atoms with Gasteiger partial charge in [-0.05, 0) is 53.9 Å². The molecular weight excluding hydrogens is 690 g/mol. The molecule has 0 spiro atoms. The Kier molecular flexibility index (Phi) is 7.10. The van der Waals surface area contributed by atoms with Crippen LogP contribution in [0.1, 0.15) is 0 Å². The monoisotopic (exact) mass is 714 g/mol. The number of nitrogens with zero attached hydrogens (tertiary/aromatic N) is 2. The van der Waals surface area contributed by atoms with Gasteiger partial charge in [-0.1, -0.05) is 97.1 Å². The van der Waals surface area contributed by atoms with Gasteiger partial charge in [0.2, 0.25) is 0 Å². The van der Waals surface area contributed by atoms with Crippen LogP contribution in [0, 0.1) is 0 Å². The molecule has 0 aliphatic carbocycles. The van der Waals surface area contributed by atoms with Gasteiger partial charge in [-0.3, -0.25) is 0 Å². The fraction of sp³-hybridized carbons (Fsp3) is 0.0244. The number of anilines is 3. The molecule has 0 aliphatic heterocycles. The van der Waals surface area contributed by atoms with E-state index in [9.17, 15) is 21.6 Å². The van der Waals surface area contributed by atoms with E-state index in [4.69, 9.17) is 4.18 Å². The maximum absolute atomic E-state index is 13.6. The Morgan fingerprint density at radius 3 is 1.94 bits per heavy atom. The zero-order valence-corrected chi connectivity index (χ0v) is 28.1. The summed E-state index contributed by atoms with van der Waals surface area (Å²) in [5.74, 6) is -0.438. The van der Waals surface area contributed by atoms with Crippen molar-refractivity contribution in [2.75, 3.05) is 4.90 Å². The molecule has 7 aromatic carbocycles. The van der Waals surface area contributed by atoms with Crippen molar-refractivity contribution >= 4 is 91.3 Å². The van der Waals surface area contributed by atoms with Gasteiger partial charge >= 0.3 is 15.6 Å². The molecule has 0 radical (unpaired) electrons. The Bertz CT molecular complexity index is 2860. The summed E-state index contributed by atoms with van der Waals surface area (Å²) in [6, 6.07) is 48.5. The highest BCUT2D eigenvalue weighted by Crippen LogP contribution is 2.48. The van der Waals surface area contributed by atoms with E-state index >= 15 is 0 Å². The Balaban J connectivity index is 1.33. The van der Waals surface area contributed by atoms with Gasteiger partial charge in [0.1, 0.15) is 5.75 Å². The van der Waals surface area contributed by atoms with E-state index in [2.05, 4.69) is 53.1 Å². The first kappa shape index (κ1) is 31.2. The molecule has 0 bridgehead atoms. The summed E-state index contributed by atoms with van der Waals surface area (Å²) in [7, 11) is -5.93. The Morgan fingerprint density at radius 1 is 0.608 bits per heavy atom. The van der Waals surface area contributed by atoms with E-state index in [1.807, 2.05) is 95.9 Å². The van der Waals surface area contributed by atoms with E-state index in [0.717, 1.165) is 65.1 Å². The summed E-state index contributed by atoms with van der Waals surface area (Å²) in [5.41, 5.74) is -0.637. The highest BCUT2D eigenvalue weighted by atomic mass is 32.2. The summed E-state index contributed by atoms with van der Waals surface area (Å²) in [6.45, 7) is 0.